The zero-order valence-corrected chi connectivity index (χ0v) is 10.1. The number of aromatic nitrogens is 1. The van der Waals surface area contributed by atoms with Crippen LogP contribution in [0.25, 0.3) is 10.8 Å². The van der Waals surface area contributed by atoms with E-state index in [4.69, 9.17) is 0 Å². The van der Waals surface area contributed by atoms with Crippen LogP contribution >= 0.6 is 0 Å². The number of rotatable bonds is 1. The molecule has 1 aromatic carbocycles. The van der Waals surface area contributed by atoms with E-state index in [9.17, 15) is 4.79 Å². The van der Waals surface area contributed by atoms with Crippen molar-refractivity contribution in [3.05, 3.63) is 45.9 Å². The molecule has 1 fully saturated rings. The maximum absolute atomic E-state index is 12.1. The third kappa shape index (κ3) is 1.88. The van der Waals surface area contributed by atoms with E-state index in [0.717, 1.165) is 22.0 Å². The van der Waals surface area contributed by atoms with E-state index in [1.807, 2.05) is 13.0 Å². The Morgan fingerprint density at radius 3 is 2.71 bits per heavy atom. The molecule has 0 radical (unpaired) electrons. The van der Waals surface area contributed by atoms with Gasteiger partial charge in [-0.25, -0.2) is 0 Å². The summed E-state index contributed by atoms with van der Waals surface area (Å²) in [6, 6.07) is 8.25. The fourth-order valence-electron chi connectivity index (χ4n) is 2.85. The molecule has 1 aromatic heterocycles. The van der Waals surface area contributed by atoms with Crippen molar-refractivity contribution < 1.29 is 0 Å². The largest absolute Gasteiger partial charge is 0.325 e. The van der Waals surface area contributed by atoms with Crippen LogP contribution in [0.1, 0.15) is 42.9 Å². The molecule has 1 N–H and O–H groups in total. The summed E-state index contributed by atoms with van der Waals surface area (Å²) >= 11 is 0. The molecule has 3 rings (SSSR count). The first-order chi connectivity index (χ1) is 8.24. The Kier molecular flexibility index (Phi) is 2.50. The van der Waals surface area contributed by atoms with Gasteiger partial charge in [0.15, 0.2) is 0 Å². The second-order valence-electron chi connectivity index (χ2n) is 5.13. The minimum absolute atomic E-state index is 0.0631. The topological polar surface area (TPSA) is 32.9 Å². The molecule has 2 heteroatoms. The van der Waals surface area contributed by atoms with Gasteiger partial charge in [-0.2, -0.15) is 0 Å². The van der Waals surface area contributed by atoms with Gasteiger partial charge in [0.1, 0.15) is 0 Å². The first-order valence-electron chi connectivity index (χ1n) is 6.37. The van der Waals surface area contributed by atoms with Crippen LogP contribution in [0.2, 0.25) is 0 Å². The van der Waals surface area contributed by atoms with Gasteiger partial charge in [-0.1, -0.05) is 30.5 Å². The van der Waals surface area contributed by atoms with Crippen molar-refractivity contribution in [2.45, 2.75) is 38.5 Å². The second kappa shape index (κ2) is 4.02. The summed E-state index contributed by atoms with van der Waals surface area (Å²) in [4.78, 5) is 15.1. The number of hydrogen-bond acceptors (Lipinski definition) is 1. The molecular formula is C15H17NO. The van der Waals surface area contributed by atoms with Crippen molar-refractivity contribution in [2.75, 3.05) is 0 Å². The highest BCUT2D eigenvalue weighted by molar-refractivity contribution is 5.82. The van der Waals surface area contributed by atoms with Crippen molar-refractivity contribution in [1.82, 2.24) is 4.98 Å². The van der Waals surface area contributed by atoms with E-state index in [-0.39, 0.29) is 5.56 Å². The summed E-state index contributed by atoms with van der Waals surface area (Å²) in [5.41, 5.74) is 2.33. The van der Waals surface area contributed by atoms with Gasteiger partial charge >= 0.3 is 0 Å². The second-order valence-corrected chi connectivity index (χ2v) is 5.13. The molecule has 1 aliphatic rings. The van der Waals surface area contributed by atoms with E-state index in [1.54, 1.807) is 0 Å². The van der Waals surface area contributed by atoms with E-state index in [1.165, 1.54) is 25.7 Å². The predicted octanol–water partition coefficient (Wildman–Crippen LogP) is 3.49. The number of aromatic amines is 1. The van der Waals surface area contributed by atoms with E-state index >= 15 is 0 Å². The minimum atomic E-state index is 0.0631. The third-order valence-corrected chi connectivity index (χ3v) is 3.82. The van der Waals surface area contributed by atoms with Crippen molar-refractivity contribution in [3.63, 3.8) is 0 Å². The SMILES string of the molecule is Cc1ccc2cc(C3CCCC3)[nH]c(=O)c2c1. The molecule has 0 aliphatic heterocycles. The summed E-state index contributed by atoms with van der Waals surface area (Å²) in [7, 11) is 0. The molecule has 17 heavy (non-hydrogen) atoms. The summed E-state index contributed by atoms with van der Waals surface area (Å²) in [5, 5.41) is 1.88. The lowest BCUT2D eigenvalue weighted by atomic mass is 10.0. The van der Waals surface area contributed by atoms with Gasteiger partial charge in [0.25, 0.3) is 5.56 Å². The molecule has 1 aliphatic carbocycles. The number of aryl methyl sites for hydroxylation is 1. The molecule has 0 bridgehead atoms. The maximum Gasteiger partial charge on any atom is 0.256 e. The molecule has 0 amide bonds. The van der Waals surface area contributed by atoms with Crippen molar-refractivity contribution >= 4 is 10.8 Å². The lowest BCUT2D eigenvalue weighted by Crippen LogP contribution is -2.11. The van der Waals surface area contributed by atoms with Crippen molar-refractivity contribution in [2.24, 2.45) is 0 Å². The van der Waals surface area contributed by atoms with Crippen LogP contribution in [0.5, 0.6) is 0 Å². The minimum Gasteiger partial charge on any atom is -0.325 e. The fourth-order valence-corrected chi connectivity index (χ4v) is 2.85. The van der Waals surface area contributed by atoms with Gasteiger partial charge in [-0.3, -0.25) is 4.79 Å². The first-order valence-corrected chi connectivity index (χ1v) is 6.37. The van der Waals surface area contributed by atoms with Gasteiger partial charge in [-0.05, 0) is 43.2 Å². The Hall–Kier alpha value is -1.57. The number of H-pyrrole nitrogens is 1. The highest BCUT2D eigenvalue weighted by Gasteiger charge is 2.18. The van der Waals surface area contributed by atoms with Crippen LogP contribution in [0.3, 0.4) is 0 Å². The molecule has 88 valence electrons. The summed E-state index contributed by atoms with van der Waals surface area (Å²) in [6.45, 7) is 2.02. The van der Waals surface area contributed by atoms with Crippen LogP contribution in [-0.2, 0) is 0 Å². The van der Waals surface area contributed by atoms with Crippen LogP contribution in [0, 0.1) is 6.92 Å². The number of nitrogens with one attached hydrogen (secondary N) is 1. The zero-order valence-electron chi connectivity index (χ0n) is 10.1. The fraction of sp³-hybridized carbons (Fsp3) is 0.400. The highest BCUT2D eigenvalue weighted by Crippen LogP contribution is 2.33. The Bertz CT molecular complexity index is 606. The lowest BCUT2D eigenvalue weighted by Gasteiger charge is -2.10. The van der Waals surface area contributed by atoms with E-state index < -0.39 is 0 Å². The summed E-state index contributed by atoms with van der Waals surface area (Å²) < 4.78 is 0. The molecule has 1 heterocycles. The van der Waals surface area contributed by atoms with Gasteiger partial charge < -0.3 is 4.98 Å². The molecule has 2 aromatic rings. The van der Waals surface area contributed by atoms with Crippen molar-refractivity contribution in [1.29, 1.82) is 0 Å². The Morgan fingerprint density at radius 2 is 1.94 bits per heavy atom. The van der Waals surface area contributed by atoms with E-state index in [0.29, 0.717) is 5.92 Å². The number of benzene rings is 1. The van der Waals surface area contributed by atoms with Gasteiger partial charge in [0.05, 0.1) is 0 Å². The smallest absolute Gasteiger partial charge is 0.256 e. The summed E-state index contributed by atoms with van der Waals surface area (Å²) in [5.74, 6) is 0.563. The summed E-state index contributed by atoms with van der Waals surface area (Å²) in [6.07, 6.45) is 5.01. The molecule has 0 atom stereocenters. The number of fused-ring (bicyclic) bond motifs is 1. The number of hydrogen-bond donors (Lipinski definition) is 1. The van der Waals surface area contributed by atoms with Gasteiger partial charge in [0.2, 0.25) is 0 Å². The number of pyridine rings is 1. The highest BCUT2D eigenvalue weighted by atomic mass is 16.1. The quantitative estimate of drug-likeness (QED) is 0.794. The Labute approximate surface area is 101 Å². The van der Waals surface area contributed by atoms with Gasteiger partial charge in [0, 0.05) is 11.1 Å². The zero-order chi connectivity index (χ0) is 11.8. The maximum atomic E-state index is 12.1. The molecule has 0 spiro atoms. The molecular weight excluding hydrogens is 210 g/mol. The molecule has 1 saturated carbocycles. The Morgan fingerprint density at radius 1 is 1.18 bits per heavy atom. The monoisotopic (exact) mass is 227 g/mol. The third-order valence-electron chi connectivity index (χ3n) is 3.82. The lowest BCUT2D eigenvalue weighted by molar-refractivity contribution is 0.696. The van der Waals surface area contributed by atoms with E-state index in [2.05, 4.69) is 23.2 Å². The molecule has 0 unspecified atom stereocenters. The Balaban J connectivity index is 2.17. The van der Waals surface area contributed by atoms with Crippen LogP contribution in [0.4, 0.5) is 0 Å². The predicted molar refractivity (Wildman–Crippen MR) is 70.5 cm³/mol. The standard InChI is InChI=1S/C15H17NO/c1-10-6-7-12-9-14(11-4-2-3-5-11)16-15(17)13(12)8-10/h6-9,11H,2-5H2,1H3,(H,16,17). The average Bonchev–Trinajstić information content (AvgIpc) is 2.83. The van der Waals surface area contributed by atoms with Crippen LogP contribution in [0.15, 0.2) is 29.1 Å². The molecule has 0 saturated heterocycles. The van der Waals surface area contributed by atoms with Crippen molar-refractivity contribution in [3.8, 4) is 0 Å². The average molecular weight is 227 g/mol. The normalized spacial score (nSPS) is 16.8. The van der Waals surface area contributed by atoms with Crippen LogP contribution < -0.4 is 5.56 Å². The first kappa shape index (κ1) is 10.6. The van der Waals surface area contributed by atoms with Crippen LogP contribution in [-0.4, -0.2) is 4.98 Å². The molecule has 2 nitrogen and oxygen atoms in total. The van der Waals surface area contributed by atoms with Gasteiger partial charge in [-0.15, -0.1) is 0 Å².